The molecular weight excluding hydrogens is 328 g/mol. The van der Waals surface area contributed by atoms with E-state index >= 15 is 0 Å². The highest BCUT2D eigenvalue weighted by atomic mass is 16.1. The lowest BCUT2D eigenvalue weighted by molar-refractivity contribution is -0.116. The van der Waals surface area contributed by atoms with Gasteiger partial charge in [0.1, 0.15) is 0 Å². The number of hydrogen-bond donors (Lipinski definition) is 2. The fourth-order valence-corrected chi connectivity index (χ4v) is 3.20. The molecule has 132 valence electrons. The van der Waals surface area contributed by atoms with E-state index in [-0.39, 0.29) is 11.9 Å². The molecule has 2 heterocycles. The zero-order valence-corrected chi connectivity index (χ0v) is 14.5. The number of nitrogens with one attached hydrogen (secondary N) is 2. The summed E-state index contributed by atoms with van der Waals surface area (Å²) in [7, 11) is 0. The summed E-state index contributed by atoms with van der Waals surface area (Å²) in [5, 5.41) is 18.5. The number of tetrazole rings is 1. The lowest BCUT2D eigenvalue weighted by Crippen LogP contribution is -2.14. The SMILES string of the molecule is C[C@@H](Nc1ccc2c(c1)CCCC(=O)N2)c1nnnn1-c1ccccc1. The van der Waals surface area contributed by atoms with Crippen molar-refractivity contribution in [2.75, 3.05) is 10.6 Å². The van der Waals surface area contributed by atoms with Crippen LogP contribution in [0.25, 0.3) is 5.69 Å². The summed E-state index contributed by atoms with van der Waals surface area (Å²) in [6, 6.07) is 15.8. The number of aromatic nitrogens is 4. The van der Waals surface area contributed by atoms with Crippen molar-refractivity contribution in [3.8, 4) is 5.69 Å². The molecule has 1 aliphatic rings. The molecule has 0 aliphatic carbocycles. The van der Waals surface area contributed by atoms with Crippen molar-refractivity contribution in [3.63, 3.8) is 0 Å². The predicted octanol–water partition coefficient (Wildman–Crippen LogP) is 3.11. The molecule has 1 atom stereocenters. The number of carbonyl (C=O) groups excluding carboxylic acids is 1. The Balaban J connectivity index is 1.56. The van der Waals surface area contributed by atoms with Crippen molar-refractivity contribution in [2.45, 2.75) is 32.2 Å². The Labute approximate surface area is 151 Å². The maximum atomic E-state index is 11.7. The van der Waals surface area contributed by atoms with Gasteiger partial charge in [0, 0.05) is 17.8 Å². The summed E-state index contributed by atoms with van der Waals surface area (Å²) in [5.74, 6) is 0.819. The molecule has 0 bridgehead atoms. The number of rotatable bonds is 4. The topological polar surface area (TPSA) is 84.7 Å². The van der Waals surface area contributed by atoms with E-state index in [1.807, 2.05) is 49.4 Å². The highest BCUT2D eigenvalue weighted by Gasteiger charge is 2.17. The third kappa shape index (κ3) is 3.28. The molecule has 0 saturated carbocycles. The van der Waals surface area contributed by atoms with Crippen molar-refractivity contribution in [3.05, 3.63) is 59.9 Å². The van der Waals surface area contributed by atoms with Gasteiger partial charge < -0.3 is 10.6 Å². The number of amides is 1. The van der Waals surface area contributed by atoms with Gasteiger partial charge in [0.05, 0.1) is 11.7 Å². The summed E-state index contributed by atoms with van der Waals surface area (Å²) in [6.07, 6.45) is 2.32. The summed E-state index contributed by atoms with van der Waals surface area (Å²) < 4.78 is 1.74. The lowest BCUT2D eigenvalue weighted by Gasteiger charge is -2.16. The van der Waals surface area contributed by atoms with E-state index in [1.165, 1.54) is 0 Å². The molecule has 2 N–H and O–H groups in total. The third-order valence-corrected chi connectivity index (χ3v) is 4.49. The van der Waals surface area contributed by atoms with E-state index in [9.17, 15) is 4.79 Å². The fourth-order valence-electron chi connectivity index (χ4n) is 3.20. The van der Waals surface area contributed by atoms with Gasteiger partial charge in [-0.05, 0) is 66.1 Å². The number of nitrogens with zero attached hydrogens (tertiary/aromatic N) is 4. The molecule has 0 radical (unpaired) electrons. The van der Waals surface area contributed by atoms with Gasteiger partial charge in [0.15, 0.2) is 5.82 Å². The molecule has 1 amide bonds. The molecular formula is C19H20N6O. The zero-order valence-electron chi connectivity index (χ0n) is 14.5. The zero-order chi connectivity index (χ0) is 17.9. The second kappa shape index (κ2) is 6.95. The van der Waals surface area contributed by atoms with Crippen LogP contribution in [0.2, 0.25) is 0 Å². The first-order chi connectivity index (χ1) is 12.7. The van der Waals surface area contributed by atoms with E-state index < -0.39 is 0 Å². The van der Waals surface area contributed by atoms with Gasteiger partial charge in [-0.3, -0.25) is 4.79 Å². The number of aryl methyl sites for hydroxylation is 1. The molecule has 26 heavy (non-hydrogen) atoms. The minimum absolute atomic E-state index is 0.0800. The predicted molar refractivity (Wildman–Crippen MR) is 99.2 cm³/mol. The van der Waals surface area contributed by atoms with Crippen molar-refractivity contribution in [1.29, 1.82) is 0 Å². The number of hydrogen-bond acceptors (Lipinski definition) is 5. The van der Waals surface area contributed by atoms with Crippen molar-refractivity contribution in [1.82, 2.24) is 20.2 Å². The molecule has 0 spiro atoms. The second-order valence-corrected chi connectivity index (χ2v) is 6.42. The van der Waals surface area contributed by atoms with Crippen LogP contribution in [0.4, 0.5) is 11.4 Å². The van der Waals surface area contributed by atoms with Crippen LogP contribution in [-0.4, -0.2) is 26.1 Å². The lowest BCUT2D eigenvalue weighted by atomic mass is 10.1. The number of carbonyl (C=O) groups is 1. The maximum Gasteiger partial charge on any atom is 0.224 e. The summed E-state index contributed by atoms with van der Waals surface area (Å²) in [4.78, 5) is 11.7. The first kappa shape index (κ1) is 16.3. The van der Waals surface area contributed by atoms with E-state index in [2.05, 4.69) is 32.2 Å². The normalized spacial score (nSPS) is 14.9. The molecule has 0 saturated heterocycles. The number of benzene rings is 2. The molecule has 0 unspecified atom stereocenters. The van der Waals surface area contributed by atoms with Gasteiger partial charge in [-0.15, -0.1) is 5.10 Å². The number of fused-ring (bicyclic) bond motifs is 1. The minimum atomic E-state index is -0.0800. The largest absolute Gasteiger partial charge is 0.375 e. The average molecular weight is 348 g/mol. The first-order valence-corrected chi connectivity index (χ1v) is 8.74. The summed E-state index contributed by atoms with van der Waals surface area (Å²) in [6.45, 7) is 2.03. The molecule has 4 rings (SSSR count). The highest BCUT2D eigenvalue weighted by molar-refractivity contribution is 5.92. The highest BCUT2D eigenvalue weighted by Crippen LogP contribution is 2.27. The third-order valence-electron chi connectivity index (χ3n) is 4.49. The van der Waals surface area contributed by atoms with E-state index in [1.54, 1.807) is 4.68 Å². The van der Waals surface area contributed by atoms with Crippen LogP contribution in [-0.2, 0) is 11.2 Å². The maximum absolute atomic E-state index is 11.7. The van der Waals surface area contributed by atoms with E-state index in [0.29, 0.717) is 6.42 Å². The average Bonchev–Trinajstić information content (AvgIpc) is 3.07. The molecule has 7 nitrogen and oxygen atoms in total. The van der Waals surface area contributed by atoms with Gasteiger partial charge >= 0.3 is 0 Å². The molecule has 1 aliphatic heterocycles. The van der Waals surface area contributed by atoms with Gasteiger partial charge in [-0.2, -0.15) is 4.68 Å². The second-order valence-electron chi connectivity index (χ2n) is 6.42. The minimum Gasteiger partial charge on any atom is -0.375 e. The standard InChI is InChI=1S/C19H20N6O/c1-13(19-22-23-24-25(19)16-7-3-2-4-8-16)20-15-10-11-17-14(12-15)6-5-9-18(26)21-17/h2-4,7-8,10-13,20H,5-6,9H2,1H3,(H,21,26)/t13-/m1/s1. The summed E-state index contributed by atoms with van der Waals surface area (Å²) in [5.41, 5.74) is 3.95. The molecule has 0 fully saturated rings. The monoisotopic (exact) mass is 348 g/mol. The van der Waals surface area contributed by atoms with Gasteiger partial charge in [0.2, 0.25) is 5.91 Å². The number of para-hydroxylation sites is 1. The van der Waals surface area contributed by atoms with Crippen LogP contribution >= 0.6 is 0 Å². The molecule has 7 heteroatoms. The van der Waals surface area contributed by atoms with Crippen molar-refractivity contribution < 1.29 is 4.79 Å². The Bertz CT molecular complexity index is 921. The first-order valence-electron chi connectivity index (χ1n) is 8.74. The van der Waals surface area contributed by atoms with Gasteiger partial charge in [-0.1, -0.05) is 18.2 Å². The molecule has 1 aromatic heterocycles. The van der Waals surface area contributed by atoms with Crippen LogP contribution < -0.4 is 10.6 Å². The van der Waals surface area contributed by atoms with Crippen LogP contribution in [0.1, 0.15) is 37.2 Å². The van der Waals surface area contributed by atoms with E-state index in [0.717, 1.165) is 41.3 Å². The Morgan fingerprint density at radius 3 is 2.85 bits per heavy atom. The fraction of sp³-hybridized carbons (Fsp3) is 0.263. The van der Waals surface area contributed by atoms with Gasteiger partial charge in [-0.25, -0.2) is 0 Å². The van der Waals surface area contributed by atoms with Crippen LogP contribution in [0, 0.1) is 0 Å². The van der Waals surface area contributed by atoms with Gasteiger partial charge in [0.25, 0.3) is 0 Å². The van der Waals surface area contributed by atoms with Crippen molar-refractivity contribution >= 4 is 17.3 Å². The smallest absolute Gasteiger partial charge is 0.224 e. The van der Waals surface area contributed by atoms with Crippen molar-refractivity contribution in [2.24, 2.45) is 0 Å². The Kier molecular flexibility index (Phi) is 4.35. The Morgan fingerprint density at radius 1 is 1.15 bits per heavy atom. The molecule has 3 aromatic rings. The summed E-state index contributed by atoms with van der Waals surface area (Å²) >= 11 is 0. The van der Waals surface area contributed by atoms with E-state index in [4.69, 9.17) is 0 Å². The molecule has 2 aromatic carbocycles. The van der Waals surface area contributed by atoms with Crippen LogP contribution in [0.5, 0.6) is 0 Å². The van der Waals surface area contributed by atoms with Crippen LogP contribution in [0.3, 0.4) is 0 Å². The Morgan fingerprint density at radius 2 is 2.00 bits per heavy atom. The quantitative estimate of drug-likeness (QED) is 0.757. The number of anilines is 2. The van der Waals surface area contributed by atoms with Crippen LogP contribution in [0.15, 0.2) is 48.5 Å². The Hall–Kier alpha value is -3.22.